The van der Waals surface area contributed by atoms with E-state index in [9.17, 15) is 0 Å². The van der Waals surface area contributed by atoms with E-state index in [1.54, 1.807) is 0 Å². The zero-order chi connectivity index (χ0) is 14.0. The van der Waals surface area contributed by atoms with Gasteiger partial charge in [-0.1, -0.05) is 81.5 Å². The first-order chi connectivity index (χ1) is 9.58. The quantitative estimate of drug-likeness (QED) is 0.726. The number of fused-ring (bicyclic) bond motifs is 1. The molecule has 1 aromatic rings. The highest BCUT2D eigenvalue weighted by molar-refractivity contribution is 5.74. The lowest BCUT2D eigenvalue weighted by molar-refractivity contribution is 0.145. The van der Waals surface area contributed by atoms with Crippen molar-refractivity contribution in [1.82, 2.24) is 0 Å². The summed E-state index contributed by atoms with van der Waals surface area (Å²) in [7, 11) is 0. The largest absolute Gasteiger partial charge is 0.0731 e. The van der Waals surface area contributed by atoms with E-state index in [2.05, 4.69) is 81.5 Å². The highest BCUT2D eigenvalue weighted by atomic mass is 14.6. The third-order valence-electron chi connectivity index (χ3n) is 5.64. The van der Waals surface area contributed by atoms with Gasteiger partial charge in [-0.15, -0.1) is 0 Å². The number of benzene rings is 1. The van der Waals surface area contributed by atoms with Gasteiger partial charge in [0.1, 0.15) is 0 Å². The molecule has 1 aromatic carbocycles. The summed E-state index contributed by atoms with van der Waals surface area (Å²) in [6.07, 6.45) is 14.2. The molecule has 3 aliphatic rings. The molecular formula is C20H20. The SMILES string of the molecule is CC(C)C12C=CC=C3C=c4ccccc4=CC(=C1)C32C. The van der Waals surface area contributed by atoms with Gasteiger partial charge in [0, 0.05) is 10.8 Å². The Bertz CT molecular complexity index is 801. The van der Waals surface area contributed by atoms with E-state index in [-0.39, 0.29) is 10.8 Å². The second-order valence-electron chi connectivity index (χ2n) is 6.71. The molecule has 4 rings (SSSR count). The molecule has 2 atom stereocenters. The lowest BCUT2D eigenvalue weighted by atomic mass is 9.44. The Labute approximate surface area is 120 Å². The van der Waals surface area contributed by atoms with Gasteiger partial charge in [0.25, 0.3) is 0 Å². The topological polar surface area (TPSA) is 0 Å². The van der Waals surface area contributed by atoms with Crippen LogP contribution in [0.2, 0.25) is 0 Å². The number of hydrogen-bond donors (Lipinski definition) is 0. The number of rotatable bonds is 1. The van der Waals surface area contributed by atoms with E-state index in [1.165, 1.54) is 21.6 Å². The van der Waals surface area contributed by atoms with Crippen molar-refractivity contribution in [3.8, 4) is 0 Å². The van der Waals surface area contributed by atoms with Crippen molar-refractivity contribution in [1.29, 1.82) is 0 Å². The fourth-order valence-electron chi connectivity index (χ4n) is 4.25. The lowest BCUT2D eigenvalue weighted by Crippen LogP contribution is -2.51. The third-order valence-corrected chi connectivity index (χ3v) is 5.64. The monoisotopic (exact) mass is 260 g/mol. The molecule has 0 radical (unpaired) electrons. The molecule has 0 bridgehead atoms. The van der Waals surface area contributed by atoms with E-state index in [0.717, 1.165) is 0 Å². The van der Waals surface area contributed by atoms with Crippen LogP contribution in [0.25, 0.3) is 12.2 Å². The molecule has 0 saturated carbocycles. The molecule has 20 heavy (non-hydrogen) atoms. The van der Waals surface area contributed by atoms with E-state index in [0.29, 0.717) is 5.92 Å². The molecule has 0 N–H and O–H groups in total. The zero-order valence-corrected chi connectivity index (χ0v) is 12.4. The van der Waals surface area contributed by atoms with Gasteiger partial charge in [-0.05, 0) is 27.5 Å². The van der Waals surface area contributed by atoms with Crippen LogP contribution in [0.3, 0.4) is 0 Å². The molecule has 0 saturated heterocycles. The van der Waals surface area contributed by atoms with Crippen molar-refractivity contribution in [2.45, 2.75) is 20.8 Å². The van der Waals surface area contributed by atoms with Crippen LogP contribution in [0.15, 0.2) is 59.7 Å². The van der Waals surface area contributed by atoms with Crippen molar-refractivity contribution in [3.05, 3.63) is 70.2 Å². The van der Waals surface area contributed by atoms with Crippen LogP contribution in [0.1, 0.15) is 20.8 Å². The van der Waals surface area contributed by atoms with E-state index in [4.69, 9.17) is 0 Å². The smallest absolute Gasteiger partial charge is 0.0300 e. The highest BCUT2D eigenvalue weighted by Gasteiger charge is 2.58. The van der Waals surface area contributed by atoms with Gasteiger partial charge >= 0.3 is 0 Å². The molecule has 0 fully saturated rings. The van der Waals surface area contributed by atoms with Crippen LogP contribution < -0.4 is 10.4 Å². The Hall–Kier alpha value is -1.82. The van der Waals surface area contributed by atoms with Crippen molar-refractivity contribution in [3.63, 3.8) is 0 Å². The van der Waals surface area contributed by atoms with E-state index in [1.807, 2.05) is 0 Å². The second-order valence-corrected chi connectivity index (χ2v) is 6.71. The molecule has 3 aliphatic carbocycles. The first-order valence-electron chi connectivity index (χ1n) is 7.50. The maximum absolute atomic E-state index is 2.48. The summed E-state index contributed by atoms with van der Waals surface area (Å²) in [6, 6.07) is 8.69. The summed E-state index contributed by atoms with van der Waals surface area (Å²) in [6.45, 7) is 7.09. The van der Waals surface area contributed by atoms with Gasteiger partial charge in [0.05, 0.1) is 0 Å². The summed E-state index contributed by atoms with van der Waals surface area (Å²) in [5.41, 5.74) is 3.24. The summed E-state index contributed by atoms with van der Waals surface area (Å²) >= 11 is 0. The predicted octanol–water partition coefficient (Wildman–Crippen LogP) is 3.35. The minimum Gasteiger partial charge on any atom is -0.0731 e. The molecule has 0 aromatic heterocycles. The Kier molecular flexibility index (Phi) is 2.17. The van der Waals surface area contributed by atoms with Crippen molar-refractivity contribution in [2.24, 2.45) is 16.7 Å². The van der Waals surface area contributed by atoms with Gasteiger partial charge in [0.2, 0.25) is 0 Å². The molecule has 0 nitrogen and oxygen atoms in total. The number of hydrogen-bond acceptors (Lipinski definition) is 0. The molecule has 0 aliphatic heterocycles. The normalized spacial score (nSPS) is 32.8. The summed E-state index contributed by atoms with van der Waals surface area (Å²) in [5, 5.41) is 2.68. The predicted molar refractivity (Wildman–Crippen MR) is 85.3 cm³/mol. The molecule has 100 valence electrons. The Morgan fingerprint density at radius 3 is 2.25 bits per heavy atom. The van der Waals surface area contributed by atoms with Gasteiger partial charge in [-0.25, -0.2) is 0 Å². The fraction of sp³-hybridized carbons (Fsp3) is 0.300. The summed E-state index contributed by atoms with van der Waals surface area (Å²) in [4.78, 5) is 0. The third kappa shape index (κ3) is 1.18. The van der Waals surface area contributed by atoms with Crippen molar-refractivity contribution < 1.29 is 0 Å². The average molecular weight is 260 g/mol. The molecule has 0 heterocycles. The van der Waals surface area contributed by atoms with E-state index >= 15 is 0 Å². The van der Waals surface area contributed by atoms with Gasteiger partial charge < -0.3 is 0 Å². The maximum Gasteiger partial charge on any atom is 0.0300 e. The van der Waals surface area contributed by atoms with Crippen LogP contribution in [-0.2, 0) is 0 Å². The van der Waals surface area contributed by atoms with Crippen LogP contribution in [0.4, 0.5) is 0 Å². The van der Waals surface area contributed by atoms with E-state index < -0.39 is 0 Å². The maximum atomic E-state index is 2.48. The summed E-state index contributed by atoms with van der Waals surface area (Å²) < 4.78 is 0. The first kappa shape index (κ1) is 12.0. The molecule has 2 unspecified atom stereocenters. The highest BCUT2D eigenvalue weighted by Crippen LogP contribution is 2.66. The molecule has 0 spiro atoms. The Morgan fingerprint density at radius 1 is 0.950 bits per heavy atom. The minimum atomic E-state index is 0.134. The molecular weight excluding hydrogens is 240 g/mol. The van der Waals surface area contributed by atoms with Gasteiger partial charge in [-0.2, -0.15) is 0 Å². The average Bonchev–Trinajstić information content (AvgIpc) is 2.54. The Morgan fingerprint density at radius 2 is 1.60 bits per heavy atom. The van der Waals surface area contributed by atoms with Crippen molar-refractivity contribution >= 4 is 12.2 Å². The lowest BCUT2D eigenvalue weighted by Gasteiger charge is -2.58. The van der Waals surface area contributed by atoms with Crippen LogP contribution >= 0.6 is 0 Å². The standard InChI is InChI=1S/C20H20/c1-14(2)20-10-6-9-17-11-15-7-4-5-8-16(15)12-18(13-20)19(17,20)3/h4-14H,1-3H3. The molecule has 0 heteroatoms. The minimum absolute atomic E-state index is 0.134. The van der Waals surface area contributed by atoms with Crippen molar-refractivity contribution in [2.75, 3.05) is 0 Å². The van der Waals surface area contributed by atoms with Crippen LogP contribution in [0, 0.1) is 16.7 Å². The van der Waals surface area contributed by atoms with Gasteiger partial charge in [0.15, 0.2) is 0 Å². The Balaban J connectivity index is 2.09. The van der Waals surface area contributed by atoms with Gasteiger partial charge in [-0.3, -0.25) is 0 Å². The number of allylic oxidation sites excluding steroid dienone is 6. The molecule has 0 amide bonds. The second kappa shape index (κ2) is 3.63. The first-order valence-corrected chi connectivity index (χ1v) is 7.50. The zero-order valence-electron chi connectivity index (χ0n) is 12.4. The van der Waals surface area contributed by atoms with Crippen LogP contribution in [-0.4, -0.2) is 0 Å². The summed E-state index contributed by atoms with van der Waals surface area (Å²) in [5.74, 6) is 0.610. The fourth-order valence-corrected chi connectivity index (χ4v) is 4.25. The van der Waals surface area contributed by atoms with Crippen LogP contribution in [0.5, 0.6) is 0 Å².